The Balaban J connectivity index is 1.90. The molecule has 140 valence electrons. The molecule has 1 aliphatic rings. The normalized spacial score (nSPS) is 16.6. The molecule has 3 rings (SSSR count). The zero-order chi connectivity index (χ0) is 18.9. The molecule has 0 bridgehead atoms. The zero-order valence-electron chi connectivity index (χ0n) is 16.6. The first-order valence-corrected chi connectivity index (χ1v) is 9.56. The van der Waals surface area contributed by atoms with E-state index in [2.05, 4.69) is 49.5 Å². The van der Waals surface area contributed by atoms with Gasteiger partial charge in [0.1, 0.15) is 5.75 Å². The van der Waals surface area contributed by atoms with Crippen LogP contribution in [0.2, 0.25) is 0 Å². The number of nitrogens with one attached hydrogen (secondary N) is 1. The van der Waals surface area contributed by atoms with Gasteiger partial charge in [-0.3, -0.25) is 0 Å². The first-order valence-electron chi connectivity index (χ1n) is 9.56. The molecule has 0 aromatic heterocycles. The van der Waals surface area contributed by atoms with E-state index in [0.717, 1.165) is 12.2 Å². The van der Waals surface area contributed by atoms with Crippen LogP contribution in [0.1, 0.15) is 55.0 Å². The lowest BCUT2D eigenvalue weighted by Crippen LogP contribution is -2.21. The number of hydrogen-bond donors (Lipinski definition) is 2. The van der Waals surface area contributed by atoms with E-state index in [1.165, 1.54) is 39.8 Å². The molecule has 0 saturated carbocycles. The molecular weight excluding hydrogens is 322 g/mol. The summed E-state index contributed by atoms with van der Waals surface area (Å²) in [6, 6.07) is 11.4. The summed E-state index contributed by atoms with van der Waals surface area (Å²) in [5.41, 5.74) is 7.39. The van der Waals surface area contributed by atoms with Crippen LogP contribution in [0.3, 0.4) is 0 Å². The lowest BCUT2D eigenvalue weighted by molar-refractivity contribution is 0.0553. The van der Waals surface area contributed by atoms with Crippen LogP contribution in [0.25, 0.3) is 11.1 Å². The third-order valence-electron chi connectivity index (χ3n) is 5.38. The van der Waals surface area contributed by atoms with Crippen molar-refractivity contribution in [2.45, 2.75) is 58.6 Å². The zero-order valence-corrected chi connectivity index (χ0v) is 16.6. The molecule has 2 N–H and O–H groups in total. The predicted molar refractivity (Wildman–Crippen MR) is 108 cm³/mol. The van der Waals surface area contributed by atoms with Gasteiger partial charge >= 0.3 is 0 Å². The number of aliphatic hydroxyl groups is 1. The standard InChI is InChI=1S/C23H31NO2/c1-15-13-17(26-12-11-23(3,4)25)14-16(2)22(15)20-8-6-7-19-18(20)9-10-21(19)24-5/h6-8,13-14,21,24-25H,9-12H2,1-5H3/t21-/m1/s1. The minimum atomic E-state index is -0.696. The quantitative estimate of drug-likeness (QED) is 0.790. The van der Waals surface area contributed by atoms with Crippen molar-refractivity contribution in [2.75, 3.05) is 13.7 Å². The predicted octanol–water partition coefficient (Wildman–Crippen LogP) is 4.72. The minimum absolute atomic E-state index is 0.468. The first kappa shape index (κ1) is 18.9. The second kappa shape index (κ2) is 7.42. The molecule has 0 saturated heterocycles. The van der Waals surface area contributed by atoms with Crippen LogP contribution in [0.4, 0.5) is 0 Å². The Labute approximate surface area is 157 Å². The maximum absolute atomic E-state index is 9.84. The van der Waals surface area contributed by atoms with Crippen LogP contribution in [0.15, 0.2) is 30.3 Å². The van der Waals surface area contributed by atoms with E-state index in [9.17, 15) is 5.11 Å². The van der Waals surface area contributed by atoms with Crippen LogP contribution in [0.5, 0.6) is 5.75 Å². The highest BCUT2D eigenvalue weighted by atomic mass is 16.5. The number of benzene rings is 2. The summed E-state index contributed by atoms with van der Waals surface area (Å²) < 4.78 is 5.89. The second-order valence-corrected chi connectivity index (χ2v) is 8.10. The van der Waals surface area contributed by atoms with E-state index in [1.807, 2.05) is 20.9 Å². The van der Waals surface area contributed by atoms with Crippen molar-refractivity contribution in [3.8, 4) is 16.9 Å². The summed E-state index contributed by atoms with van der Waals surface area (Å²) in [4.78, 5) is 0. The van der Waals surface area contributed by atoms with E-state index < -0.39 is 5.60 Å². The van der Waals surface area contributed by atoms with Crippen LogP contribution in [-0.2, 0) is 6.42 Å². The van der Waals surface area contributed by atoms with Gasteiger partial charge in [-0.15, -0.1) is 0 Å². The third-order valence-corrected chi connectivity index (χ3v) is 5.38. The average molecular weight is 354 g/mol. The van der Waals surface area contributed by atoms with Crippen molar-refractivity contribution in [1.29, 1.82) is 0 Å². The van der Waals surface area contributed by atoms with E-state index >= 15 is 0 Å². The van der Waals surface area contributed by atoms with Gasteiger partial charge in [-0.05, 0) is 93.1 Å². The molecule has 0 amide bonds. The topological polar surface area (TPSA) is 41.5 Å². The Kier molecular flexibility index (Phi) is 5.40. The van der Waals surface area contributed by atoms with Crippen molar-refractivity contribution in [3.63, 3.8) is 0 Å². The van der Waals surface area contributed by atoms with Crippen LogP contribution < -0.4 is 10.1 Å². The summed E-state index contributed by atoms with van der Waals surface area (Å²) in [6.45, 7) is 8.46. The molecule has 0 aliphatic heterocycles. The maximum Gasteiger partial charge on any atom is 0.119 e. The van der Waals surface area contributed by atoms with Gasteiger partial charge < -0.3 is 15.2 Å². The summed E-state index contributed by atoms with van der Waals surface area (Å²) >= 11 is 0. The largest absolute Gasteiger partial charge is 0.493 e. The molecule has 2 aromatic carbocycles. The van der Waals surface area contributed by atoms with Gasteiger partial charge in [-0.2, -0.15) is 0 Å². The van der Waals surface area contributed by atoms with E-state index in [-0.39, 0.29) is 0 Å². The Morgan fingerprint density at radius 3 is 2.50 bits per heavy atom. The van der Waals surface area contributed by atoms with Gasteiger partial charge in [-0.1, -0.05) is 18.2 Å². The molecule has 3 heteroatoms. The molecule has 0 unspecified atom stereocenters. The molecule has 0 fully saturated rings. The fourth-order valence-electron chi connectivity index (χ4n) is 4.04. The number of rotatable bonds is 6. The molecule has 0 heterocycles. The van der Waals surface area contributed by atoms with Crippen molar-refractivity contribution in [1.82, 2.24) is 5.32 Å². The number of fused-ring (bicyclic) bond motifs is 1. The first-order chi connectivity index (χ1) is 12.3. The monoisotopic (exact) mass is 353 g/mol. The Morgan fingerprint density at radius 1 is 1.19 bits per heavy atom. The highest BCUT2D eigenvalue weighted by molar-refractivity contribution is 5.76. The Hall–Kier alpha value is -1.84. The molecular formula is C23H31NO2. The molecule has 0 radical (unpaired) electrons. The van der Waals surface area contributed by atoms with Gasteiger partial charge in [0.05, 0.1) is 12.2 Å². The smallest absolute Gasteiger partial charge is 0.119 e. The highest BCUT2D eigenvalue weighted by Crippen LogP contribution is 2.40. The van der Waals surface area contributed by atoms with Gasteiger partial charge in [-0.25, -0.2) is 0 Å². The number of ether oxygens (including phenoxy) is 1. The van der Waals surface area contributed by atoms with Crippen molar-refractivity contribution < 1.29 is 9.84 Å². The molecule has 0 spiro atoms. The van der Waals surface area contributed by atoms with Gasteiger partial charge in [0.15, 0.2) is 0 Å². The molecule has 26 heavy (non-hydrogen) atoms. The van der Waals surface area contributed by atoms with Gasteiger partial charge in [0.25, 0.3) is 0 Å². The summed E-state index contributed by atoms with van der Waals surface area (Å²) in [6.07, 6.45) is 2.91. The number of aryl methyl sites for hydroxylation is 2. The SMILES string of the molecule is CN[C@@H]1CCc2c(-c3c(C)cc(OCCC(C)(C)O)cc3C)cccc21. The Morgan fingerprint density at radius 2 is 1.88 bits per heavy atom. The molecule has 3 nitrogen and oxygen atoms in total. The van der Waals surface area contributed by atoms with Gasteiger partial charge in [0, 0.05) is 12.5 Å². The van der Waals surface area contributed by atoms with Crippen LogP contribution in [0, 0.1) is 13.8 Å². The van der Waals surface area contributed by atoms with Crippen molar-refractivity contribution in [3.05, 3.63) is 52.6 Å². The lowest BCUT2D eigenvalue weighted by Gasteiger charge is -2.19. The summed E-state index contributed by atoms with van der Waals surface area (Å²) in [7, 11) is 2.04. The van der Waals surface area contributed by atoms with Crippen LogP contribution in [-0.4, -0.2) is 24.4 Å². The summed E-state index contributed by atoms with van der Waals surface area (Å²) in [5.74, 6) is 0.883. The third kappa shape index (κ3) is 3.94. The van der Waals surface area contributed by atoms with Crippen molar-refractivity contribution >= 4 is 0 Å². The average Bonchev–Trinajstić information content (AvgIpc) is 2.97. The van der Waals surface area contributed by atoms with Gasteiger partial charge in [0.2, 0.25) is 0 Å². The van der Waals surface area contributed by atoms with Crippen LogP contribution >= 0.6 is 0 Å². The summed E-state index contributed by atoms with van der Waals surface area (Å²) in [5, 5.41) is 13.3. The maximum atomic E-state index is 9.84. The second-order valence-electron chi connectivity index (χ2n) is 8.10. The minimum Gasteiger partial charge on any atom is -0.493 e. The van der Waals surface area contributed by atoms with Crippen molar-refractivity contribution in [2.24, 2.45) is 0 Å². The Bertz CT molecular complexity index is 766. The molecule has 1 atom stereocenters. The lowest BCUT2D eigenvalue weighted by atomic mass is 9.90. The molecule has 1 aliphatic carbocycles. The van der Waals surface area contributed by atoms with E-state index in [0.29, 0.717) is 19.1 Å². The van der Waals surface area contributed by atoms with E-state index in [4.69, 9.17) is 4.74 Å². The fourth-order valence-corrected chi connectivity index (χ4v) is 4.04. The van der Waals surface area contributed by atoms with E-state index in [1.54, 1.807) is 0 Å². The fraction of sp³-hybridized carbons (Fsp3) is 0.478. The highest BCUT2D eigenvalue weighted by Gasteiger charge is 2.24. The number of hydrogen-bond acceptors (Lipinski definition) is 3. The molecule has 2 aromatic rings.